The number of hydrogen-bond acceptors (Lipinski definition) is 4. The third-order valence-corrected chi connectivity index (χ3v) is 2.72. The van der Waals surface area contributed by atoms with E-state index in [2.05, 4.69) is 9.97 Å². The van der Waals surface area contributed by atoms with E-state index in [9.17, 15) is 0 Å². The first-order valence-corrected chi connectivity index (χ1v) is 5.41. The third-order valence-electron chi connectivity index (χ3n) is 2.72. The Morgan fingerprint density at radius 1 is 1.18 bits per heavy atom. The molecule has 2 N–H and O–H groups in total. The molecule has 0 saturated carbocycles. The van der Waals surface area contributed by atoms with Gasteiger partial charge in [0.2, 0.25) is 0 Å². The van der Waals surface area contributed by atoms with E-state index in [-0.39, 0.29) is 6.10 Å². The highest BCUT2D eigenvalue weighted by atomic mass is 16.5. The Bertz CT molecular complexity index is 496. The van der Waals surface area contributed by atoms with E-state index < -0.39 is 0 Å². The van der Waals surface area contributed by atoms with Gasteiger partial charge in [-0.1, -0.05) is 24.3 Å². The summed E-state index contributed by atoms with van der Waals surface area (Å²) in [7, 11) is 1.70. The van der Waals surface area contributed by atoms with Crippen LogP contribution in [0.5, 0.6) is 0 Å². The van der Waals surface area contributed by atoms with Crippen molar-refractivity contribution in [2.75, 3.05) is 12.8 Å². The number of hydrogen-bond donors (Lipinski definition) is 1. The zero-order valence-electron chi connectivity index (χ0n) is 9.92. The van der Waals surface area contributed by atoms with Gasteiger partial charge in [-0.25, -0.2) is 9.97 Å². The van der Waals surface area contributed by atoms with Crippen LogP contribution in [0.3, 0.4) is 0 Å². The van der Waals surface area contributed by atoms with Crippen molar-refractivity contribution in [3.8, 4) is 11.3 Å². The summed E-state index contributed by atoms with van der Waals surface area (Å²) in [6.07, 6.45) is 1.57. The second kappa shape index (κ2) is 4.93. The molecule has 0 fully saturated rings. The lowest BCUT2D eigenvalue weighted by atomic mass is 10.1. The molecule has 0 aliphatic rings. The number of nitrogen functional groups attached to an aromatic ring is 1. The van der Waals surface area contributed by atoms with Crippen LogP contribution < -0.4 is 5.73 Å². The van der Waals surface area contributed by atoms with Gasteiger partial charge in [-0.2, -0.15) is 0 Å². The molecule has 0 unspecified atom stereocenters. The first kappa shape index (κ1) is 11.5. The molecule has 0 radical (unpaired) electrons. The Balaban J connectivity index is 2.29. The number of benzene rings is 1. The van der Waals surface area contributed by atoms with Crippen molar-refractivity contribution >= 4 is 5.82 Å². The molecule has 2 aromatic rings. The van der Waals surface area contributed by atoms with E-state index in [1.165, 1.54) is 6.33 Å². The lowest BCUT2D eigenvalue weighted by Gasteiger charge is -2.10. The summed E-state index contributed by atoms with van der Waals surface area (Å²) in [6.45, 7) is 2.01. The van der Waals surface area contributed by atoms with Crippen LogP contribution in [0, 0.1) is 0 Å². The van der Waals surface area contributed by atoms with Gasteiger partial charge in [0.1, 0.15) is 12.1 Å². The molecule has 4 nitrogen and oxygen atoms in total. The topological polar surface area (TPSA) is 61.0 Å². The van der Waals surface area contributed by atoms with E-state index in [4.69, 9.17) is 10.5 Å². The molecule has 1 aromatic carbocycles. The van der Waals surface area contributed by atoms with E-state index in [0.29, 0.717) is 5.82 Å². The van der Waals surface area contributed by atoms with Gasteiger partial charge in [0.15, 0.2) is 0 Å². The summed E-state index contributed by atoms with van der Waals surface area (Å²) in [5, 5.41) is 0. The van der Waals surface area contributed by atoms with Gasteiger partial charge in [0.25, 0.3) is 0 Å². The van der Waals surface area contributed by atoms with Gasteiger partial charge >= 0.3 is 0 Å². The van der Waals surface area contributed by atoms with Crippen LogP contribution in [0.2, 0.25) is 0 Å². The summed E-state index contributed by atoms with van der Waals surface area (Å²) in [6, 6.07) is 9.83. The molecule has 0 aliphatic heterocycles. The van der Waals surface area contributed by atoms with E-state index in [1.807, 2.05) is 31.2 Å². The normalized spacial score (nSPS) is 12.4. The Kier molecular flexibility index (Phi) is 3.35. The molecule has 2 rings (SSSR count). The van der Waals surface area contributed by atoms with Gasteiger partial charge in [-0.3, -0.25) is 0 Å². The number of rotatable bonds is 3. The molecule has 1 aromatic heterocycles. The summed E-state index contributed by atoms with van der Waals surface area (Å²) in [5.41, 5.74) is 8.61. The maximum absolute atomic E-state index is 5.62. The fraction of sp³-hybridized carbons (Fsp3) is 0.231. The Labute approximate surface area is 100 Å². The first-order valence-electron chi connectivity index (χ1n) is 5.41. The average molecular weight is 229 g/mol. The van der Waals surface area contributed by atoms with Crippen LogP contribution in [0.15, 0.2) is 36.7 Å². The van der Waals surface area contributed by atoms with E-state index in [0.717, 1.165) is 16.8 Å². The lowest BCUT2D eigenvalue weighted by Crippen LogP contribution is -1.96. The van der Waals surface area contributed by atoms with Crippen molar-refractivity contribution in [3.63, 3.8) is 0 Å². The minimum Gasteiger partial charge on any atom is -0.384 e. The number of anilines is 1. The standard InChI is InChI=1S/C13H15N3O/c1-9(17-2)10-3-5-11(6-4-10)12-7-13(14)16-8-15-12/h3-9H,1-2H3,(H2,14,15,16)/t9-/m0/s1. The minimum atomic E-state index is 0.0968. The average Bonchev–Trinajstić information content (AvgIpc) is 2.38. The molecule has 17 heavy (non-hydrogen) atoms. The predicted molar refractivity (Wildman–Crippen MR) is 67.3 cm³/mol. The molecule has 0 aliphatic carbocycles. The zero-order chi connectivity index (χ0) is 12.3. The lowest BCUT2D eigenvalue weighted by molar-refractivity contribution is 0.119. The first-order chi connectivity index (χ1) is 8.20. The zero-order valence-corrected chi connectivity index (χ0v) is 9.92. The summed E-state index contributed by atoms with van der Waals surface area (Å²) in [5.74, 6) is 0.476. The number of nitrogens with zero attached hydrogens (tertiary/aromatic N) is 2. The maximum atomic E-state index is 5.62. The molecular formula is C13H15N3O. The van der Waals surface area contributed by atoms with Gasteiger partial charge in [0, 0.05) is 18.7 Å². The third kappa shape index (κ3) is 2.60. The molecule has 0 saturated heterocycles. The van der Waals surface area contributed by atoms with Crippen LogP contribution >= 0.6 is 0 Å². The molecular weight excluding hydrogens is 214 g/mol. The number of aromatic nitrogens is 2. The number of ether oxygens (including phenoxy) is 1. The van der Waals surface area contributed by atoms with Crippen molar-refractivity contribution in [2.45, 2.75) is 13.0 Å². The highest BCUT2D eigenvalue weighted by Gasteiger charge is 2.05. The quantitative estimate of drug-likeness (QED) is 0.878. The molecule has 4 heteroatoms. The monoisotopic (exact) mass is 229 g/mol. The Morgan fingerprint density at radius 3 is 2.47 bits per heavy atom. The van der Waals surface area contributed by atoms with Crippen LogP contribution in [0.4, 0.5) is 5.82 Å². The van der Waals surface area contributed by atoms with Gasteiger partial charge in [0.05, 0.1) is 11.8 Å². The molecule has 1 atom stereocenters. The smallest absolute Gasteiger partial charge is 0.127 e. The van der Waals surface area contributed by atoms with Gasteiger partial charge in [-0.15, -0.1) is 0 Å². The highest BCUT2D eigenvalue weighted by Crippen LogP contribution is 2.22. The second-order valence-corrected chi connectivity index (χ2v) is 3.83. The van der Waals surface area contributed by atoms with Crippen LogP contribution in [-0.2, 0) is 4.74 Å². The number of methoxy groups -OCH3 is 1. The highest BCUT2D eigenvalue weighted by molar-refractivity contribution is 5.61. The largest absolute Gasteiger partial charge is 0.384 e. The van der Waals surface area contributed by atoms with Crippen molar-refractivity contribution < 1.29 is 4.74 Å². The fourth-order valence-electron chi connectivity index (χ4n) is 1.59. The summed E-state index contributed by atoms with van der Waals surface area (Å²) >= 11 is 0. The van der Waals surface area contributed by atoms with Crippen LogP contribution in [0.25, 0.3) is 11.3 Å². The second-order valence-electron chi connectivity index (χ2n) is 3.83. The predicted octanol–water partition coefficient (Wildman–Crippen LogP) is 2.43. The maximum Gasteiger partial charge on any atom is 0.127 e. The summed E-state index contributed by atoms with van der Waals surface area (Å²) < 4.78 is 5.26. The molecule has 0 amide bonds. The van der Waals surface area contributed by atoms with E-state index in [1.54, 1.807) is 13.2 Å². The SMILES string of the molecule is CO[C@@H](C)c1ccc(-c2cc(N)ncn2)cc1. The molecule has 0 spiro atoms. The van der Waals surface area contributed by atoms with Gasteiger partial charge in [-0.05, 0) is 12.5 Å². The van der Waals surface area contributed by atoms with Crippen molar-refractivity contribution in [1.29, 1.82) is 0 Å². The van der Waals surface area contributed by atoms with Gasteiger partial charge < -0.3 is 10.5 Å². The minimum absolute atomic E-state index is 0.0968. The Morgan fingerprint density at radius 2 is 1.88 bits per heavy atom. The van der Waals surface area contributed by atoms with Crippen LogP contribution in [0.1, 0.15) is 18.6 Å². The van der Waals surface area contributed by atoms with Crippen LogP contribution in [-0.4, -0.2) is 17.1 Å². The van der Waals surface area contributed by atoms with Crippen molar-refractivity contribution in [3.05, 3.63) is 42.2 Å². The molecule has 0 bridgehead atoms. The Hall–Kier alpha value is -1.94. The van der Waals surface area contributed by atoms with E-state index >= 15 is 0 Å². The number of nitrogens with two attached hydrogens (primary N) is 1. The van der Waals surface area contributed by atoms with Crippen molar-refractivity contribution in [2.24, 2.45) is 0 Å². The van der Waals surface area contributed by atoms with Crippen molar-refractivity contribution in [1.82, 2.24) is 9.97 Å². The molecule has 1 heterocycles. The summed E-state index contributed by atoms with van der Waals surface area (Å²) in [4.78, 5) is 8.05. The fourth-order valence-corrected chi connectivity index (χ4v) is 1.59. The molecule has 88 valence electrons.